The van der Waals surface area contributed by atoms with E-state index < -0.39 is 47.4 Å². The van der Waals surface area contributed by atoms with E-state index in [0.717, 1.165) is 28.7 Å². The Hall–Kier alpha value is -5.60. The van der Waals surface area contributed by atoms with Crippen LogP contribution in [0.3, 0.4) is 0 Å². The van der Waals surface area contributed by atoms with Gasteiger partial charge in [-0.1, -0.05) is 51.1 Å². The molecule has 23 heteroatoms. The number of benzene rings is 2. The number of hydrogen-bond acceptors (Lipinski definition) is 16. The summed E-state index contributed by atoms with van der Waals surface area (Å²) in [5.41, 5.74) is 0.478. The van der Waals surface area contributed by atoms with Crippen LogP contribution in [0.1, 0.15) is 51.0 Å². The minimum atomic E-state index is -0.762. The van der Waals surface area contributed by atoms with E-state index in [2.05, 4.69) is 16.0 Å². The van der Waals surface area contributed by atoms with E-state index >= 15 is 4.39 Å². The van der Waals surface area contributed by atoms with Crippen molar-refractivity contribution >= 4 is 29.5 Å². The Morgan fingerprint density at radius 3 is 1.83 bits per heavy atom. The number of imide groups is 1. The van der Waals surface area contributed by atoms with Crippen molar-refractivity contribution in [3.63, 3.8) is 0 Å². The average Bonchev–Trinajstić information content (AvgIpc) is 4.14. The summed E-state index contributed by atoms with van der Waals surface area (Å²) in [6.45, 7) is 12.8. The Bertz CT molecular complexity index is 2280. The molecule has 77 heavy (non-hydrogen) atoms. The van der Waals surface area contributed by atoms with Gasteiger partial charge >= 0.3 is 0 Å². The third-order valence-electron chi connectivity index (χ3n) is 12.3. The number of imidazole rings is 1. The monoisotopic (exact) mass is 1090 g/mol. The van der Waals surface area contributed by atoms with E-state index in [1.54, 1.807) is 11.1 Å². The molecule has 0 spiro atoms. The van der Waals surface area contributed by atoms with E-state index in [4.69, 9.17) is 42.9 Å². The van der Waals surface area contributed by atoms with Crippen LogP contribution >= 0.6 is 0 Å². The second-order valence-corrected chi connectivity index (χ2v) is 19.2. The molecule has 1 fully saturated rings. The zero-order valence-corrected chi connectivity index (χ0v) is 44.6. The van der Waals surface area contributed by atoms with Crippen LogP contribution in [0.25, 0.3) is 11.3 Å². The van der Waals surface area contributed by atoms with Gasteiger partial charge in [0.15, 0.2) is 0 Å². The van der Waals surface area contributed by atoms with Crippen LogP contribution in [-0.4, -0.2) is 205 Å². The SMILES string of the molecule is CC(C)(C)[C@H](c1nc(-c2cc(F)ccc2F)cn1Cc1ccccc1)N(CC1CNCC1NC(=O)CCOCCOCCOCCOCCOCCOCCOCCOCCNC(=O)CCN1C(=O)C=CC1=O)C(=O)CO. The highest BCUT2D eigenvalue weighted by Gasteiger charge is 2.41. The number of carbonyl (C=O) groups excluding carboxylic acids is 5. The zero-order valence-electron chi connectivity index (χ0n) is 44.6. The molecule has 1 saturated heterocycles. The fourth-order valence-electron chi connectivity index (χ4n) is 8.46. The first kappa shape index (κ1) is 62.2. The summed E-state index contributed by atoms with van der Waals surface area (Å²) >= 11 is 0. The molecule has 0 bridgehead atoms. The second kappa shape index (κ2) is 34.3. The number of nitrogens with zero attached hydrogens (tertiary/aromatic N) is 4. The highest BCUT2D eigenvalue weighted by Crippen LogP contribution is 2.40. The Morgan fingerprint density at radius 1 is 0.740 bits per heavy atom. The molecule has 0 radical (unpaired) electrons. The fourth-order valence-corrected chi connectivity index (χ4v) is 8.46. The largest absolute Gasteiger partial charge is 0.387 e. The quantitative estimate of drug-likeness (QED) is 0.0474. The van der Waals surface area contributed by atoms with Crippen LogP contribution in [0.2, 0.25) is 0 Å². The third kappa shape index (κ3) is 22.3. The molecular weight excluding hydrogens is 1010 g/mol. The Balaban J connectivity index is 0.862. The number of ether oxygens (including phenoxy) is 8. The lowest BCUT2D eigenvalue weighted by molar-refractivity contribution is -0.141. The van der Waals surface area contributed by atoms with Crippen LogP contribution in [0.5, 0.6) is 0 Å². The molecule has 5 amide bonds. The molecule has 4 N–H and O–H groups in total. The Morgan fingerprint density at radius 2 is 1.29 bits per heavy atom. The first-order valence-electron chi connectivity index (χ1n) is 26.1. The lowest BCUT2D eigenvalue weighted by Gasteiger charge is -2.41. The Labute approximate surface area is 449 Å². The summed E-state index contributed by atoms with van der Waals surface area (Å²) in [6.07, 6.45) is 4.18. The number of carbonyl (C=O) groups is 5. The number of halogens is 2. The highest BCUT2D eigenvalue weighted by molar-refractivity contribution is 6.13. The number of nitrogens with one attached hydrogen (secondary N) is 3. The van der Waals surface area contributed by atoms with Crippen LogP contribution in [0, 0.1) is 23.0 Å². The van der Waals surface area contributed by atoms with Gasteiger partial charge in [0.05, 0.1) is 117 Å². The predicted molar refractivity (Wildman–Crippen MR) is 277 cm³/mol. The molecule has 5 rings (SSSR count). The smallest absolute Gasteiger partial charge is 0.253 e. The maximum Gasteiger partial charge on any atom is 0.253 e. The first-order chi connectivity index (χ1) is 37.2. The molecule has 21 nitrogen and oxygen atoms in total. The van der Waals surface area contributed by atoms with Gasteiger partial charge in [-0.25, -0.2) is 13.8 Å². The lowest BCUT2D eigenvalue weighted by atomic mass is 9.84. The summed E-state index contributed by atoms with van der Waals surface area (Å²) in [6, 6.07) is 11.8. The van der Waals surface area contributed by atoms with Crippen LogP contribution in [0.15, 0.2) is 66.9 Å². The Kier molecular flexibility index (Phi) is 27.7. The van der Waals surface area contributed by atoms with Crippen LogP contribution in [-0.2, 0) is 68.4 Å². The third-order valence-corrected chi connectivity index (χ3v) is 12.3. The molecular formula is C54H77F2N7O14. The predicted octanol–water partition coefficient (Wildman–Crippen LogP) is 2.44. The second-order valence-electron chi connectivity index (χ2n) is 19.2. The maximum atomic E-state index is 15.2. The van der Waals surface area contributed by atoms with Gasteiger partial charge in [0.1, 0.15) is 24.1 Å². The van der Waals surface area contributed by atoms with Gasteiger partial charge < -0.3 is 68.4 Å². The zero-order chi connectivity index (χ0) is 55.3. The van der Waals surface area contributed by atoms with Crippen molar-refractivity contribution in [2.24, 2.45) is 11.3 Å². The van der Waals surface area contributed by atoms with E-state index in [1.165, 1.54) is 12.2 Å². The first-order valence-corrected chi connectivity index (χ1v) is 26.1. The molecule has 0 saturated carbocycles. The van der Waals surface area contributed by atoms with Crippen LogP contribution in [0.4, 0.5) is 8.78 Å². The number of hydrogen-bond donors (Lipinski definition) is 4. The van der Waals surface area contributed by atoms with Crippen molar-refractivity contribution in [2.45, 2.75) is 52.2 Å². The molecule has 1 aromatic heterocycles. The average molecular weight is 1090 g/mol. The molecule has 426 valence electrons. The molecule has 3 atom stereocenters. The molecule has 3 heterocycles. The van der Waals surface area contributed by atoms with E-state index in [-0.39, 0.29) is 67.6 Å². The van der Waals surface area contributed by atoms with Gasteiger partial charge in [0, 0.05) is 88.0 Å². The minimum absolute atomic E-state index is 0.0123. The van der Waals surface area contributed by atoms with Gasteiger partial charge in [-0.3, -0.25) is 28.9 Å². The molecule has 2 aliphatic rings. The maximum absolute atomic E-state index is 15.2. The minimum Gasteiger partial charge on any atom is -0.387 e. The summed E-state index contributed by atoms with van der Waals surface area (Å²) in [5.74, 6) is -2.87. The van der Waals surface area contributed by atoms with Crippen molar-refractivity contribution in [2.75, 3.05) is 145 Å². The normalized spacial score (nSPS) is 15.9. The van der Waals surface area contributed by atoms with Crippen molar-refractivity contribution < 1.29 is 75.8 Å². The number of aliphatic hydroxyl groups is 1. The van der Waals surface area contributed by atoms with E-state index in [9.17, 15) is 33.5 Å². The van der Waals surface area contributed by atoms with Crippen LogP contribution < -0.4 is 16.0 Å². The molecule has 2 aromatic carbocycles. The van der Waals surface area contributed by atoms with Gasteiger partial charge in [-0.2, -0.15) is 0 Å². The van der Waals surface area contributed by atoms with E-state index in [0.29, 0.717) is 131 Å². The fraction of sp³-hybridized carbons (Fsp3) is 0.593. The van der Waals surface area contributed by atoms with Crippen molar-refractivity contribution in [3.05, 3.63) is 89.9 Å². The van der Waals surface area contributed by atoms with Crippen molar-refractivity contribution in [3.8, 4) is 11.3 Å². The van der Waals surface area contributed by atoms with Crippen molar-refractivity contribution in [1.29, 1.82) is 0 Å². The standard InChI is InChI=1S/C54H77F2N7O14/c1-54(2,3)52(53-60-46(43-33-42(55)9-10-44(43)56)38-61(53)36-40-7-5-4-6-8-40)63(51(69)39-64)37-41-34-57-35-45(41)59-48(66)14-17-70-19-21-72-23-25-74-27-29-76-31-32-77-30-28-75-26-24-73-22-20-71-18-15-58-47(65)13-16-62-49(67)11-12-50(62)68/h4-12,33,38,41,45,52,57,64H,13-32,34-37,39H2,1-3H3,(H,58,65)(H,59,66)/t41?,45?,52-/m0/s1. The summed E-state index contributed by atoms with van der Waals surface area (Å²) in [5, 5.41) is 19.4. The molecule has 2 aliphatic heterocycles. The molecule has 2 unspecified atom stereocenters. The number of rotatable bonds is 39. The van der Waals surface area contributed by atoms with E-state index in [1.807, 2.05) is 55.7 Å². The number of aliphatic hydroxyl groups excluding tert-OH is 1. The van der Waals surface area contributed by atoms with Gasteiger partial charge in [0.2, 0.25) is 17.7 Å². The molecule has 3 aromatic rings. The summed E-state index contributed by atoms with van der Waals surface area (Å²) < 4.78 is 75.6. The number of aromatic nitrogens is 2. The molecule has 0 aliphatic carbocycles. The highest BCUT2D eigenvalue weighted by atomic mass is 19.1. The van der Waals surface area contributed by atoms with Gasteiger partial charge in [-0.15, -0.1) is 0 Å². The lowest BCUT2D eigenvalue weighted by Crippen LogP contribution is -2.50. The summed E-state index contributed by atoms with van der Waals surface area (Å²) in [7, 11) is 0. The topological polar surface area (TPSA) is 240 Å². The van der Waals surface area contributed by atoms with Gasteiger partial charge in [0.25, 0.3) is 11.8 Å². The number of amides is 5. The van der Waals surface area contributed by atoms with Gasteiger partial charge in [-0.05, 0) is 29.2 Å². The van der Waals surface area contributed by atoms with Crippen molar-refractivity contribution in [1.82, 2.24) is 35.3 Å². The summed E-state index contributed by atoms with van der Waals surface area (Å²) in [4.78, 5) is 69.3.